The van der Waals surface area contributed by atoms with Gasteiger partial charge < -0.3 is 15.2 Å². The molecule has 0 rings (SSSR count). The van der Waals surface area contributed by atoms with Gasteiger partial charge in [-0.25, -0.2) is 4.79 Å². The third kappa shape index (κ3) is 6.68. The number of hydrogen-bond donors (Lipinski definition) is 1. The molecule has 5 nitrogen and oxygen atoms in total. The van der Waals surface area contributed by atoms with Crippen LogP contribution >= 0.6 is 0 Å². The first kappa shape index (κ1) is 13.6. The SMILES string of the molecule is CCOC(=O)/C=C/CC[C@H](N)C(=O)OC. The zero-order valence-electron chi connectivity index (χ0n) is 9.06. The molecule has 0 saturated carbocycles. The van der Waals surface area contributed by atoms with Gasteiger partial charge in [0, 0.05) is 6.08 Å². The van der Waals surface area contributed by atoms with Gasteiger partial charge in [0.15, 0.2) is 0 Å². The van der Waals surface area contributed by atoms with Crippen LogP contribution in [0.2, 0.25) is 0 Å². The fraction of sp³-hybridized carbons (Fsp3) is 0.600. The van der Waals surface area contributed by atoms with Crippen LogP contribution in [-0.2, 0) is 19.1 Å². The van der Waals surface area contributed by atoms with E-state index in [0.29, 0.717) is 19.4 Å². The molecule has 0 saturated heterocycles. The van der Waals surface area contributed by atoms with Crippen molar-refractivity contribution in [3.8, 4) is 0 Å². The monoisotopic (exact) mass is 215 g/mol. The van der Waals surface area contributed by atoms with E-state index in [1.54, 1.807) is 13.0 Å². The highest BCUT2D eigenvalue weighted by atomic mass is 16.5. The van der Waals surface area contributed by atoms with Crippen molar-refractivity contribution in [3.05, 3.63) is 12.2 Å². The van der Waals surface area contributed by atoms with Crippen molar-refractivity contribution < 1.29 is 19.1 Å². The number of allylic oxidation sites excluding steroid dienone is 1. The number of carbonyl (C=O) groups is 2. The van der Waals surface area contributed by atoms with Gasteiger partial charge in [0.05, 0.1) is 13.7 Å². The fourth-order valence-electron chi connectivity index (χ4n) is 0.915. The molecule has 0 bridgehead atoms. The standard InChI is InChI=1S/C10H17NO4/c1-3-15-9(12)7-5-4-6-8(11)10(13)14-2/h5,7-8H,3-4,6,11H2,1-2H3/b7-5+/t8-/m0/s1. The van der Waals surface area contributed by atoms with E-state index < -0.39 is 12.0 Å². The van der Waals surface area contributed by atoms with Crippen LogP contribution in [-0.4, -0.2) is 31.7 Å². The molecule has 0 unspecified atom stereocenters. The number of nitrogens with two attached hydrogens (primary N) is 1. The average molecular weight is 215 g/mol. The molecule has 86 valence electrons. The molecule has 0 aliphatic heterocycles. The number of ether oxygens (including phenoxy) is 2. The van der Waals surface area contributed by atoms with Crippen molar-refractivity contribution in [3.63, 3.8) is 0 Å². The third-order valence-corrected chi connectivity index (χ3v) is 1.69. The summed E-state index contributed by atoms with van der Waals surface area (Å²) in [5, 5.41) is 0. The van der Waals surface area contributed by atoms with E-state index in [4.69, 9.17) is 5.73 Å². The highest BCUT2D eigenvalue weighted by Crippen LogP contribution is 1.98. The molecule has 0 aliphatic carbocycles. The molecule has 0 radical (unpaired) electrons. The van der Waals surface area contributed by atoms with Crippen LogP contribution < -0.4 is 5.73 Å². The molecule has 0 aliphatic rings. The quantitative estimate of drug-likeness (QED) is 0.512. The van der Waals surface area contributed by atoms with Gasteiger partial charge >= 0.3 is 11.9 Å². The van der Waals surface area contributed by atoms with E-state index in [1.807, 2.05) is 0 Å². The summed E-state index contributed by atoms with van der Waals surface area (Å²) in [7, 11) is 1.29. The molecule has 0 aromatic carbocycles. The molecular weight excluding hydrogens is 198 g/mol. The first-order chi connectivity index (χ1) is 7.11. The van der Waals surface area contributed by atoms with E-state index in [0.717, 1.165) is 0 Å². The van der Waals surface area contributed by atoms with Crippen molar-refractivity contribution in [1.82, 2.24) is 0 Å². The van der Waals surface area contributed by atoms with Crippen LogP contribution in [0.1, 0.15) is 19.8 Å². The van der Waals surface area contributed by atoms with Gasteiger partial charge in [-0.2, -0.15) is 0 Å². The third-order valence-electron chi connectivity index (χ3n) is 1.69. The summed E-state index contributed by atoms with van der Waals surface area (Å²) < 4.78 is 9.12. The van der Waals surface area contributed by atoms with Crippen molar-refractivity contribution in [2.75, 3.05) is 13.7 Å². The second kappa shape index (κ2) is 7.99. The van der Waals surface area contributed by atoms with E-state index in [2.05, 4.69) is 9.47 Å². The zero-order chi connectivity index (χ0) is 11.7. The van der Waals surface area contributed by atoms with Gasteiger partial charge in [-0.3, -0.25) is 4.79 Å². The zero-order valence-corrected chi connectivity index (χ0v) is 9.06. The van der Waals surface area contributed by atoms with Gasteiger partial charge in [0.25, 0.3) is 0 Å². The lowest BCUT2D eigenvalue weighted by Gasteiger charge is -2.06. The number of rotatable bonds is 6. The number of esters is 2. The Morgan fingerprint density at radius 1 is 1.47 bits per heavy atom. The highest BCUT2D eigenvalue weighted by molar-refractivity contribution is 5.81. The topological polar surface area (TPSA) is 78.6 Å². The normalized spacial score (nSPS) is 12.5. The molecule has 0 spiro atoms. The Kier molecular flexibility index (Phi) is 7.27. The Labute approximate surface area is 89.2 Å². The minimum absolute atomic E-state index is 0.352. The second-order valence-corrected chi connectivity index (χ2v) is 2.86. The molecule has 0 amide bonds. The van der Waals surface area contributed by atoms with E-state index in [1.165, 1.54) is 13.2 Å². The molecule has 1 atom stereocenters. The maximum Gasteiger partial charge on any atom is 0.330 e. The largest absolute Gasteiger partial charge is 0.468 e. The van der Waals surface area contributed by atoms with Gasteiger partial charge in [0.2, 0.25) is 0 Å². The minimum atomic E-state index is -0.637. The smallest absolute Gasteiger partial charge is 0.330 e. The van der Waals surface area contributed by atoms with Crippen molar-refractivity contribution in [2.45, 2.75) is 25.8 Å². The van der Waals surface area contributed by atoms with Gasteiger partial charge in [-0.05, 0) is 19.8 Å². The van der Waals surface area contributed by atoms with Crippen LogP contribution in [0, 0.1) is 0 Å². The fourth-order valence-corrected chi connectivity index (χ4v) is 0.915. The van der Waals surface area contributed by atoms with E-state index in [-0.39, 0.29) is 5.97 Å². The van der Waals surface area contributed by atoms with Crippen molar-refractivity contribution in [2.24, 2.45) is 5.73 Å². The summed E-state index contributed by atoms with van der Waals surface area (Å²) in [5.41, 5.74) is 5.48. The second-order valence-electron chi connectivity index (χ2n) is 2.86. The lowest BCUT2D eigenvalue weighted by Crippen LogP contribution is -2.31. The Bertz CT molecular complexity index is 238. The molecular formula is C10H17NO4. The Morgan fingerprint density at radius 3 is 2.67 bits per heavy atom. The number of carbonyl (C=O) groups excluding carboxylic acids is 2. The van der Waals surface area contributed by atoms with Crippen LogP contribution in [0.15, 0.2) is 12.2 Å². The maximum absolute atomic E-state index is 10.9. The van der Waals surface area contributed by atoms with Crippen LogP contribution in [0.5, 0.6) is 0 Å². The van der Waals surface area contributed by atoms with Gasteiger partial charge in [-0.1, -0.05) is 6.08 Å². The molecule has 0 aromatic rings. The van der Waals surface area contributed by atoms with Gasteiger partial charge in [0.1, 0.15) is 6.04 Å². The van der Waals surface area contributed by atoms with Crippen LogP contribution in [0.4, 0.5) is 0 Å². The summed E-state index contributed by atoms with van der Waals surface area (Å²) in [6.07, 6.45) is 3.94. The maximum atomic E-state index is 10.9. The number of methoxy groups -OCH3 is 1. The van der Waals surface area contributed by atoms with E-state index in [9.17, 15) is 9.59 Å². The summed E-state index contributed by atoms with van der Waals surface area (Å²) in [6, 6.07) is -0.637. The average Bonchev–Trinajstić information content (AvgIpc) is 2.23. The predicted octanol–water partition coefficient (Wildman–Crippen LogP) is 0.386. The first-order valence-corrected chi connectivity index (χ1v) is 4.78. The Balaban J connectivity index is 3.69. The molecule has 5 heteroatoms. The Morgan fingerprint density at radius 2 is 2.13 bits per heavy atom. The highest BCUT2D eigenvalue weighted by Gasteiger charge is 2.11. The lowest BCUT2D eigenvalue weighted by atomic mass is 10.1. The minimum Gasteiger partial charge on any atom is -0.468 e. The van der Waals surface area contributed by atoms with E-state index >= 15 is 0 Å². The summed E-state index contributed by atoms with van der Waals surface area (Å²) in [4.78, 5) is 21.7. The molecule has 15 heavy (non-hydrogen) atoms. The Hall–Kier alpha value is -1.36. The molecule has 0 fully saturated rings. The first-order valence-electron chi connectivity index (χ1n) is 4.78. The molecule has 0 heterocycles. The van der Waals surface area contributed by atoms with Crippen LogP contribution in [0.25, 0.3) is 0 Å². The number of hydrogen-bond acceptors (Lipinski definition) is 5. The summed E-state index contributed by atoms with van der Waals surface area (Å²) in [5.74, 6) is -0.830. The predicted molar refractivity (Wildman–Crippen MR) is 55.0 cm³/mol. The van der Waals surface area contributed by atoms with Gasteiger partial charge in [-0.15, -0.1) is 0 Å². The lowest BCUT2D eigenvalue weighted by molar-refractivity contribution is -0.142. The summed E-state index contributed by atoms with van der Waals surface area (Å²) >= 11 is 0. The molecule has 2 N–H and O–H groups in total. The van der Waals surface area contributed by atoms with Crippen molar-refractivity contribution in [1.29, 1.82) is 0 Å². The summed E-state index contributed by atoms with van der Waals surface area (Å²) in [6.45, 7) is 2.09. The van der Waals surface area contributed by atoms with Crippen LogP contribution in [0.3, 0.4) is 0 Å². The van der Waals surface area contributed by atoms with Crippen molar-refractivity contribution >= 4 is 11.9 Å². The molecule has 0 aromatic heterocycles.